The topological polar surface area (TPSA) is 71.3 Å². The Kier molecular flexibility index (Phi) is 3.28. The minimum absolute atomic E-state index is 0.158. The summed E-state index contributed by atoms with van der Waals surface area (Å²) >= 11 is 0. The molecule has 1 aromatic heterocycles. The zero-order chi connectivity index (χ0) is 14.2. The molecule has 2 saturated carbocycles. The molecule has 0 aromatic carbocycles. The summed E-state index contributed by atoms with van der Waals surface area (Å²) in [6.07, 6.45) is 7.34. The Morgan fingerprint density at radius 2 is 2.05 bits per heavy atom. The second-order valence-electron chi connectivity index (χ2n) is 6.01. The summed E-state index contributed by atoms with van der Waals surface area (Å²) in [5.74, 6) is -0.942. The molecular formula is C15H20N2O3. The molecule has 2 aliphatic carbocycles. The normalized spacial score (nSPS) is 20.8. The highest BCUT2D eigenvalue weighted by molar-refractivity contribution is 5.93. The quantitative estimate of drug-likeness (QED) is 0.866. The summed E-state index contributed by atoms with van der Waals surface area (Å²) in [6.45, 7) is 0.233. The van der Waals surface area contributed by atoms with Crippen LogP contribution in [0.3, 0.4) is 0 Å². The van der Waals surface area contributed by atoms with E-state index in [9.17, 15) is 14.7 Å². The Hall–Kier alpha value is -1.78. The molecule has 2 N–H and O–H groups in total. The molecule has 108 valence electrons. The highest BCUT2D eigenvalue weighted by atomic mass is 16.4. The predicted octanol–water partition coefficient (Wildman–Crippen LogP) is 2.20. The number of nitrogens with zero attached hydrogens (tertiary/aromatic N) is 1. The third-order valence-corrected chi connectivity index (χ3v) is 4.55. The lowest BCUT2D eigenvalue weighted by molar-refractivity contribution is -0.148. The molecule has 5 heteroatoms. The average molecular weight is 276 g/mol. The molecule has 1 aromatic rings. The molecule has 3 rings (SSSR count). The predicted molar refractivity (Wildman–Crippen MR) is 73.6 cm³/mol. The van der Waals surface area contributed by atoms with Crippen LogP contribution in [-0.2, 0) is 4.79 Å². The number of aromatic nitrogens is 1. The van der Waals surface area contributed by atoms with E-state index in [-0.39, 0.29) is 12.5 Å². The van der Waals surface area contributed by atoms with E-state index in [2.05, 4.69) is 5.32 Å². The Bertz CT molecular complexity index is 525. The van der Waals surface area contributed by atoms with E-state index in [1.165, 1.54) is 0 Å². The fourth-order valence-electron chi connectivity index (χ4n) is 3.12. The number of nitrogens with one attached hydrogen (secondary N) is 1. The third kappa shape index (κ3) is 2.32. The highest BCUT2D eigenvalue weighted by Crippen LogP contribution is 2.38. The maximum atomic E-state index is 12.3. The van der Waals surface area contributed by atoms with Gasteiger partial charge < -0.3 is 15.0 Å². The fraction of sp³-hybridized carbons (Fsp3) is 0.600. The second-order valence-corrected chi connectivity index (χ2v) is 6.01. The maximum Gasteiger partial charge on any atom is 0.311 e. The number of carboxylic acid groups (broad SMARTS) is 1. The minimum atomic E-state index is -0.784. The van der Waals surface area contributed by atoms with Gasteiger partial charge in [-0.2, -0.15) is 0 Å². The molecule has 1 heterocycles. The number of hydrogen-bond donors (Lipinski definition) is 2. The van der Waals surface area contributed by atoms with Crippen LogP contribution in [0.1, 0.15) is 55.1 Å². The van der Waals surface area contributed by atoms with Gasteiger partial charge in [-0.15, -0.1) is 0 Å². The third-order valence-electron chi connectivity index (χ3n) is 4.55. The second kappa shape index (κ2) is 4.96. The summed E-state index contributed by atoms with van der Waals surface area (Å²) in [5.41, 5.74) is -0.113. The molecule has 0 saturated heterocycles. The largest absolute Gasteiger partial charge is 0.481 e. The van der Waals surface area contributed by atoms with Gasteiger partial charge >= 0.3 is 5.97 Å². The van der Waals surface area contributed by atoms with Crippen molar-refractivity contribution in [2.45, 2.75) is 44.6 Å². The van der Waals surface area contributed by atoms with Crippen molar-refractivity contribution < 1.29 is 14.7 Å². The van der Waals surface area contributed by atoms with E-state index < -0.39 is 11.4 Å². The van der Waals surface area contributed by atoms with E-state index in [1.54, 1.807) is 6.07 Å². The summed E-state index contributed by atoms with van der Waals surface area (Å²) in [4.78, 5) is 23.7. The van der Waals surface area contributed by atoms with Crippen molar-refractivity contribution in [2.75, 3.05) is 6.54 Å². The zero-order valence-corrected chi connectivity index (χ0v) is 11.5. The van der Waals surface area contributed by atoms with E-state index in [0.29, 0.717) is 24.6 Å². The van der Waals surface area contributed by atoms with E-state index in [0.717, 1.165) is 25.7 Å². The van der Waals surface area contributed by atoms with Crippen LogP contribution in [0.2, 0.25) is 0 Å². The first-order valence-corrected chi connectivity index (χ1v) is 7.31. The monoisotopic (exact) mass is 276 g/mol. The van der Waals surface area contributed by atoms with Crippen molar-refractivity contribution in [3.05, 3.63) is 24.0 Å². The van der Waals surface area contributed by atoms with Crippen LogP contribution in [0.15, 0.2) is 18.3 Å². The van der Waals surface area contributed by atoms with E-state index in [1.807, 2.05) is 16.8 Å². The van der Waals surface area contributed by atoms with Crippen molar-refractivity contribution in [3.8, 4) is 0 Å². The van der Waals surface area contributed by atoms with Gasteiger partial charge in [0.25, 0.3) is 5.91 Å². The first kappa shape index (κ1) is 13.2. The zero-order valence-electron chi connectivity index (χ0n) is 11.5. The lowest BCUT2D eigenvalue weighted by Crippen LogP contribution is -2.41. The lowest BCUT2D eigenvalue weighted by atomic mass is 9.86. The number of rotatable bonds is 5. The van der Waals surface area contributed by atoms with Crippen LogP contribution >= 0.6 is 0 Å². The van der Waals surface area contributed by atoms with Crippen molar-refractivity contribution in [1.29, 1.82) is 0 Å². The van der Waals surface area contributed by atoms with E-state index >= 15 is 0 Å². The standard InChI is InChI=1S/C15H20N2O3/c18-13(12-4-3-9-17(12)11-5-6-11)16-10-15(14(19)20)7-1-2-8-15/h3-4,9,11H,1-2,5-8,10H2,(H,16,18)(H,19,20). The van der Waals surface area contributed by atoms with Gasteiger partial charge in [-0.25, -0.2) is 0 Å². The lowest BCUT2D eigenvalue weighted by Gasteiger charge is -2.24. The highest BCUT2D eigenvalue weighted by Gasteiger charge is 2.41. The molecule has 1 amide bonds. The molecule has 0 spiro atoms. The fourth-order valence-corrected chi connectivity index (χ4v) is 3.12. The molecule has 2 aliphatic rings. The molecular weight excluding hydrogens is 256 g/mol. The number of carbonyl (C=O) groups excluding carboxylic acids is 1. The molecule has 20 heavy (non-hydrogen) atoms. The Morgan fingerprint density at radius 1 is 1.35 bits per heavy atom. The van der Waals surface area contributed by atoms with E-state index in [4.69, 9.17) is 0 Å². The van der Waals surface area contributed by atoms with Gasteiger partial charge in [0.1, 0.15) is 5.69 Å². The van der Waals surface area contributed by atoms with Gasteiger partial charge in [-0.3, -0.25) is 9.59 Å². The van der Waals surface area contributed by atoms with Crippen molar-refractivity contribution >= 4 is 11.9 Å². The summed E-state index contributed by atoms with van der Waals surface area (Å²) < 4.78 is 2.00. The smallest absolute Gasteiger partial charge is 0.311 e. The summed E-state index contributed by atoms with van der Waals surface area (Å²) in [5, 5.41) is 12.2. The van der Waals surface area contributed by atoms with Crippen molar-refractivity contribution in [3.63, 3.8) is 0 Å². The van der Waals surface area contributed by atoms with Crippen LogP contribution in [0.25, 0.3) is 0 Å². The summed E-state index contributed by atoms with van der Waals surface area (Å²) in [6, 6.07) is 4.12. The van der Waals surface area contributed by atoms with Gasteiger partial charge in [-0.05, 0) is 37.8 Å². The molecule has 0 bridgehead atoms. The molecule has 0 radical (unpaired) electrons. The Morgan fingerprint density at radius 3 is 2.65 bits per heavy atom. The minimum Gasteiger partial charge on any atom is -0.481 e. The van der Waals surface area contributed by atoms with Gasteiger partial charge in [0.2, 0.25) is 0 Å². The molecule has 0 atom stereocenters. The first-order valence-electron chi connectivity index (χ1n) is 7.31. The van der Waals surface area contributed by atoms with Crippen LogP contribution in [0, 0.1) is 5.41 Å². The van der Waals surface area contributed by atoms with Gasteiger partial charge in [0, 0.05) is 18.8 Å². The molecule has 0 unspecified atom stereocenters. The van der Waals surface area contributed by atoms with Gasteiger partial charge in [0.05, 0.1) is 5.41 Å². The van der Waals surface area contributed by atoms with Crippen molar-refractivity contribution in [1.82, 2.24) is 9.88 Å². The van der Waals surface area contributed by atoms with Crippen LogP contribution < -0.4 is 5.32 Å². The maximum absolute atomic E-state index is 12.3. The summed E-state index contributed by atoms with van der Waals surface area (Å²) in [7, 11) is 0. The van der Waals surface area contributed by atoms with Crippen LogP contribution in [0.4, 0.5) is 0 Å². The average Bonchev–Trinajstić information content (AvgIpc) is 2.97. The number of aliphatic carboxylic acids is 1. The Balaban J connectivity index is 1.66. The van der Waals surface area contributed by atoms with Crippen molar-refractivity contribution in [2.24, 2.45) is 5.41 Å². The number of hydrogen-bond acceptors (Lipinski definition) is 2. The van der Waals surface area contributed by atoms with Gasteiger partial charge in [0.15, 0.2) is 0 Å². The molecule has 5 nitrogen and oxygen atoms in total. The number of amides is 1. The SMILES string of the molecule is O=C(NCC1(C(=O)O)CCCC1)c1cccn1C1CC1. The molecule has 2 fully saturated rings. The number of carbonyl (C=O) groups is 2. The van der Waals surface area contributed by atoms with Crippen LogP contribution in [0.5, 0.6) is 0 Å². The molecule has 0 aliphatic heterocycles. The van der Waals surface area contributed by atoms with Crippen LogP contribution in [-0.4, -0.2) is 28.1 Å². The van der Waals surface area contributed by atoms with Gasteiger partial charge in [-0.1, -0.05) is 12.8 Å². The Labute approximate surface area is 118 Å². The number of carboxylic acids is 1. The first-order chi connectivity index (χ1) is 9.62.